The fourth-order valence-corrected chi connectivity index (χ4v) is 4.59. The molecule has 30 heavy (non-hydrogen) atoms. The van der Waals surface area contributed by atoms with Crippen LogP contribution in [0.5, 0.6) is 0 Å². The minimum absolute atomic E-state index is 0.0496. The molecule has 0 aliphatic carbocycles. The second-order valence-electron chi connectivity index (χ2n) is 7.37. The normalized spacial score (nSPS) is 28.0. The van der Waals surface area contributed by atoms with Gasteiger partial charge in [-0.15, -0.1) is 0 Å². The van der Waals surface area contributed by atoms with E-state index in [0.717, 1.165) is 9.80 Å². The molecule has 2 aliphatic rings. The van der Waals surface area contributed by atoms with Crippen molar-refractivity contribution in [3.63, 3.8) is 0 Å². The Hall–Kier alpha value is -3.34. The Morgan fingerprint density at radius 1 is 1.30 bits per heavy atom. The van der Waals surface area contributed by atoms with Crippen LogP contribution in [0.25, 0.3) is 0 Å². The number of rotatable bonds is 6. The largest absolute Gasteiger partial charge is 0.479 e. The van der Waals surface area contributed by atoms with Gasteiger partial charge in [0.05, 0.1) is 22.8 Å². The van der Waals surface area contributed by atoms with Crippen molar-refractivity contribution in [1.29, 1.82) is 0 Å². The van der Waals surface area contributed by atoms with E-state index in [-0.39, 0.29) is 17.8 Å². The molecule has 4 atom stereocenters. The molecule has 4 unspecified atom stereocenters. The summed E-state index contributed by atoms with van der Waals surface area (Å²) in [5, 5.41) is 21.3. The van der Waals surface area contributed by atoms with Gasteiger partial charge in [0.1, 0.15) is 6.61 Å². The fourth-order valence-electron chi connectivity index (χ4n) is 4.59. The van der Waals surface area contributed by atoms with Gasteiger partial charge in [0, 0.05) is 25.8 Å². The highest BCUT2D eigenvalue weighted by Crippen LogP contribution is 2.55. The van der Waals surface area contributed by atoms with E-state index in [1.165, 1.54) is 38.3 Å². The summed E-state index contributed by atoms with van der Waals surface area (Å²) in [7, 11) is 1.25. The molecule has 0 radical (unpaired) electrons. The number of carboxylic acid groups (broad SMARTS) is 1. The van der Waals surface area contributed by atoms with Crippen molar-refractivity contribution < 1.29 is 33.9 Å². The van der Waals surface area contributed by atoms with E-state index < -0.39 is 58.6 Å². The van der Waals surface area contributed by atoms with Crippen molar-refractivity contribution in [2.75, 3.05) is 20.3 Å². The van der Waals surface area contributed by atoms with Gasteiger partial charge in [0.25, 0.3) is 5.69 Å². The summed E-state index contributed by atoms with van der Waals surface area (Å²) < 4.78 is 4.88. The van der Waals surface area contributed by atoms with Gasteiger partial charge in [0.15, 0.2) is 5.54 Å². The Balaban J connectivity index is 2.28. The number of methoxy groups -OCH3 is 1. The summed E-state index contributed by atoms with van der Waals surface area (Å²) in [4.78, 5) is 63.9. The van der Waals surface area contributed by atoms with Crippen LogP contribution in [0.3, 0.4) is 0 Å². The molecule has 11 heteroatoms. The summed E-state index contributed by atoms with van der Waals surface area (Å²) in [5.74, 6) is -5.98. The standard InChI is InChI=1S/C19H21N3O8/c1-4-20-16(24)13-14(17(20)25)19(2,18(26)27)21(12(23)9-30-3)15(13)10-6-5-7-11(8-10)22(28)29/h5-8,13-15H,4,9H2,1-3H3,(H,26,27). The van der Waals surface area contributed by atoms with Gasteiger partial charge >= 0.3 is 5.97 Å². The average molecular weight is 419 g/mol. The first-order valence-corrected chi connectivity index (χ1v) is 9.25. The van der Waals surface area contributed by atoms with Crippen molar-refractivity contribution >= 4 is 29.4 Å². The monoisotopic (exact) mass is 419 g/mol. The van der Waals surface area contributed by atoms with Crippen molar-refractivity contribution in [1.82, 2.24) is 9.80 Å². The highest BCUT2D eigenvalue weighted by molar-refractivity contribution is 6.10. The first kappa shape index (κ1) is 21.4. The van der Waals surface area contributed by atoms with Gasteiger partial charge < -0.3 is 14.7 Å². The summed E-state index contributed by atoms with van der Waals surface area (Å²) >= 11 is 0. The molecule has 0 saturated carbocycles. The van der Waals surface area contributed by atoms with Crippen LogP contribution in [0.4, 0.5) is 5.69 Å². The number of benzene rings is 1. The number of nitro groups is 1. The molecule has 3 amide bonds. The lowest BCUT2D eigenvalue weighted by molar-refractivity contribution is -0.385. The number of nitro benzene ring substituents is 1. The number of aliphatic carboxylic acids is 1. The molecule has 0 bridgehead atoms. The van der Waals surface area contributed by atoms with Gasteiger partial charge in [-0.1, -0.05) is 12.1 Å². The molecule has 2 aliphatic heterocycles. The quantitative estimate of drug-likeness (QED) is 0.400. The Bertz CT molecular complexity index is 947. The predicted octanol–water partition coefficient (Wildman–Crippen LogP) is 0.589. The van der Waals surface area contributed by atoms with Crippen LogP contribution in [0.1, 0.15) is 25.5 Å². The van der Waals surface area contributed by atoms with Crippen LogP contribution >= 0.6 is 0 Å². The molecular weight excluding hydrogens is 398 g/mol. The number of carbonyl (C=O) groups excluding carboxylic acids is 3. The zero-order valence-electron chi connectivity index (χ0n) is 16.6. The topological polar surface area (TPSA) is 147 Å². The number of nitrogens with zero attached hydrogens (tertiary/aromatic N) is 3. The van der Waals surface area contributed by atoms with Gasteiger partial charge in [-0.3, -0.25) is 29.4 Å². The van der Waals surface area contributed by atoms with Crippen molar-refractivity contribution in [3.05, 3.63) is 39.9 Å². The summed E-state index contributed by atoms with van der Waals surface area (Å²) in [5.41, 5.74) is -2.12. The Morgan fingerprint density at radius 3 is 2.50 bits per heavy atom. The summed E-state index contributed by atoms with van der Waals surface area (Å²) in [6, 6.07) is 4.12. The molecule has 160 valence electrons. The van der Waals surface area contributed by atoms with Gasteiger partial charge in [-0.25, -0.2) is 4.79 Å². The predicted molar refractivity (Wildman–Crippen MR) is 100.0 cm³/mol. The number of imide groups is 1. The highest BCUT2D eigenvalue weighted by atomic mass is 16.6. The zero-order chi connectivity index (χ0) is 22.4. The maximum Gasteiger partial charge on any atom is 0.330 e. The molecule has 3 rings (SSSR count). The Labute approximate surface area is 171 Å². The number of likely N-dealkylation sites (tertiary alicyclic amines) is 2. The maximum atomic E-state index is 13.1. The van der Waals surface area contributed by atoms with E-state index in [2.05, 4.69) is 0 Å². The Kier molecular flexibility index (Phi) is 5.33. The van der Waals surface area contributed by atoms with Crippen molar-refractivity contribution in [3.8, 4) is 0 Å². The first-order valence-electron chi connectivity index (χ1n) is 9.25. The van der Waals surface area contributed by atoms with E-state index in [1.807, 2.05) is 0 Å². The van der Waals surface area contributed by atoms with E-state index in [4.69, 9.17) is 4.74 Å². The first-order chi connectivity index (χ1) is 14.1. The van der Waals surface area contributed by atoms with E-state index in [1.54, 1.807) is 6.92 Å². The molecule has 2 fully saturated rings. The van der Waals surface area contributed by atoms with Gasteiger partial charge in [-0.05, 0) is 19.4 Å². The number of carboxylic acids is 1. The van der Waals surface area contributed by atoms with Crippen LogP contribution in [0.2, 0.25) is 0 Å². The zero-order valence-corrected chi connectivity index (χ0v) is 16.6. The number of ether oxygens (including phenoxy) is 1. The molecule has 2 heterocycles. The summed E-state index contributed by atoms with van der Waals surface area (Å²) in [6.45, 7) is 2.38. The molecule has 1 N–H and O–H groups in total. The molecule has 1 aromatic carbocycles. The smallest absolute Gasteiger partial charge is 0.330 e. The highest BCUT2D eigenvalue weighted by Gasteiger charge is 2.71. The lowest BCUT2D eigenvalue weighted by Gasteiger charge is -2.38. The number of hydrogen-bond acceptors (Lipinski definition) is 7. The number of hydrogen-bond donors (Lipinski definition) is 1. The van der Waals surface area contributed by atoms with Crippen molar-refractivity contribution in [2.45, 2.75) is 25.4 Å². The van der Waals surface area contributed by atoms with Crippen LogP contribution in [0, 0.1) is 22.0 Å². The second kappa shape index (κ2) is 7.48. The molecule has 11 nitrogen and oxygen atoms in total. The third kappa shape index (κ3) is 2.84. The third-order valence-electron chi connectivity index (χ3n) is 5.88. The number of non-ortho nitro benzene ring substituents is 1. The SMILES string of the molecule is CCN1C(=O)C2C(c3cccc([N+](=O)[O-])c3)N(C(=O)COC)C(C)(C(=O)O)C2C1=O. The second-order valence-corrected chi connectivity index (χ2v) is 7.37. The lowest BCUT2D eigenvalue weighted by Crippen LogP contribution is -2.58. The number of carbonyl (C=O) groups is 4. The van der Waals surface area contributed by atoms with Crippen molar-refractivity contribution in [2.24, 2.45) is 11.8 Å². The number of amides is 3. The number of fused-ring (bicyclic) bond motifs is 1. The van der Waals surface area contributed by atoms with E-state index >= 15 is 0 Å². The minimum Gasteiger partial charge on any atom is -0.479 e. The van der Waals surface area contributed by atoms with Crippen LogP contribution in [-0.4, -0.2) is 69.3 Å². The maximum absolute atomic E-state index is 13.1. The van der Waals surface area contributed by atoms with Crippen LogP contribution in [-0.2, 0) is 23.9 Å². The molecule has 1 aromatic rings. The minimum atomic E-state index is -2.04. The molecular formula is C19H21N3O8. The fraction of sp³-hybridized carbons (Fsp3) is 0.474. The van der Waals surface area contributed by atoms with E-state index in [9.17, 15) is 34.4 Å². The average Bonchev–Trinajstić information content (AvgIpc) is 3.12. The van der Waals surface area contributed by atoms with Crippen LogP contribution < -0.4 is 0 Å². The Morgan fingerprint density at radius 2 is 1.97 bits per heavy atom. The third-order valence-corrected chi connectivity index (χ3v) is 5.88. The molecule has 0 spiro atoms. The molecule has 0 aromatic heterocycles. The van der Waals surface area contributed by atoms with Gasteiger partial charge in [0.2, 0.25) is 17.7 Å². The molecule has 2 saturated heterocycles. The lowest BCUT2D eigenvalue weighted by atomic mass is 9.80. The summed E-state index contributed by atoms with van der Waals surface area (Å²) in [6.07, 6.45) is 0. The van der Waals surface area contributed by atoms with Crippen LogP contribution in [0.15, 0.2) is 24.3 Å². The van der Waals surface area contributed by atoms with E-state index in [0.29, 0.717) is 0 Å². The van der Waals surface area contributed by atoms with Gasteiger partial charge in [-0.2, -0.15) is 0 Å².